The molecule has 120 valence electrons. The topological polar surface area (TPSA) is 86.1 Å². The highest BCUT2D eigenvalue weighted by Gasteiger charge is 2.25. The maximum absolute atomic E-state index is 12.5. The van der Waals surface area contributed by atoms with Gasteiger partial charge in [-0.15, -0.1) is 0 Å². The Labute approximate surface area is 133 Å². The van der Waals surface area contributed by atoms with Crippen LogP contribution in [0, 0.1) is 6.92 Å². The minimum absolute atomic E-state index is 0.167. The van der Waals surface area contributed by atoms with Gasteiger partial charge in [-0.05, 0) is 38.0 Å². The number of esters is 1. The predicted octanol–water partition coefficient (Wildman–Crippen LogP) is 1.64. The minimum atomic E-state index is -0.465. The van der Waals surface area contributed by atoms with E-state index in [-0.39, 0.29) is 11.9 Å². The molecule has 2 heterocycles. The van der Waals surface area contributed by atoms with Gasteiger partial charge in [0.15, 0.2) is 0 Å². The van der Waals surface area contributed by atoms with Gasteiger partial charge in [0, 0.05) is 12.1 Å². The van der Waals surface area contributed by atoms with Crippen LogP contribution >= 0.6 is 0 Å². The number of carbonyl (C=O) groups excluding carboxylic acids is 2. The van der Waals surface area contributed by atoms with Gasteiger partial charge in [-0.1, -0.05) is 6.07 Å². The van der Waals surface area contributed by atoms with Crippen LogP contribution in [-0.4, -0.2) is 33.8 Å². The summed E-state index contributed by atoms with van der Waals surface area (Å²) in [4.78, 5) is 28.4. The van der Waals surface area contributed by atoms with Gasteiger partial charge >= 0.3 is 5.97 Å². The molecule has 1 amide bonds. The summed E-state index contributed by atoms with van der Waals surface area (Å²) >= 11 is 0. The lowest BCUT2D eigenvalue weighted by Gasteiger charge is -2.23. The molecule has 1 aliphatic heterocycles. The summed E-state index contributed by atoms with van der Waals surface area (Å²) in [5, 5.41) is 7.30. The van der Waals surface area contributed by atoms with Crippen LogP contribution < -0.4 is 5.32 Å². The number of methoxy groups -OCH3 is 1. The normalized spacial score (nSPS) is 16.5. The molecule has 1 aromatic carbocycles. The Morgan fingerprint density at radius 1 is 1.35 bits per heavy atom. The largest absolute Gasteiger partial charge is 0.465 e. The molecule has 1 atom stereocenters. The average molecular weight is 314 g/mol. The van der Waals surface area contributed by atoms with Crippen LogP contribution in [0.15, 0.2) is 24.3 Å². The number of carbonyl (C=O) groups is 2. The third-order valence-electron chi connectivity index (χ3n) is 3.83. The van der Waals surface area contributed by atoms with Gasteiger partial charge in [-0.3, -0.25) is 4.79 Å². The van der Waals surface area contributed by atoms with Gasteiger partial charge in [0.05, 0.1) is 18.7 Å². The third kappa shape index (κ3) is 3.08. The molecular weight excluding hydrogens is 296 g/mol. The number of ether oxygens (including phenoxy) is 1. The van der Waals surface area contributed by atoms with Crippen molar-refractivity contribution in [3.63, 3.8) is 0 Å². The lowest BCUT2D eigenvalue weighted by Crippen LogP contribution is -2.33. The number of nitrogens with one attached hydrogen (secondary N) is 1. The molecule has 23 heavy (non-hydrogen) atoms. The molecule has 3 rings (SSSR count). The lowest BCUT2D eigenvalue weighted by atomic mass is 10.1. The fourth-order valence-electron chi connectivity index (χ4n) is 2.75. The Morgan fingerprint density at radius 2 is 2.13 bits per heavy atom. The zero-order chi connectivity index (χ0) is 16.4. The maximum atomic E-state index is 12.5. The first-order valence-electron chi connectivity index (χ1n) is 7.49. The average Bonchev–Trinajstić information content (AvgIpc) is 2.95. The zero-order valence-corrected chi connectivity index (χ0v) is 13.1. The Morgan fingerprint density at radius 3 is 2.91 bits per heavy atom. The van der Waals surface area contributed by atoms with Crippen LogP contribution in [0.1, 0.15) is 51.2 Å². The molecule has 1 unspecified atom stereocenters. The van der Waals surface area contributed by atoms with E-state index in [1.54, 1.807) is 18.2 Å². The first kappa shape index (κ1) is 15.2. The van der Waals surface area contributed by atoms with Gasteiger partial charge in [0.25, 0.3) is 5.91 Å². The van der Waals surface area contributed by atoms with Crippen molar-refractivity contribution in [2.75, 3.05) is 7.11 Å². The number of nitrogens with zero attached hydrogens (tertiary/aromatic N) is 3. The summed E-state index contributed by atoms with van der Waals surface area (Å²) in [5.74, 6) is 0.780. The molecule has 0 saturated carbocycles. The van der Waals surface area contributed by atoms with E-state index >= 15 is 0 Å². The third-order valence-corrected chi connectivity index (χ3v) is 3.83. The van der Waals surface area contributed by atoms with E-state index in [1.807, 2.05) is 11.6 Å². The molecule has 7 heteroatoms. The van der Waals surface area contributed by atoms with E-state index in [2.05, 4.69) is 20.1 Å². The second-order valence-electron chi connectivity index (χ2n) is 5.48. The number of aryl methyl sites for hydroxylation is 2. The highest BCUT2D eigenvalue weighted by molar-refractivity contribution is 5.98. The quantitative estimate of drug-likeness (QED) is 0.870. The van der Waals surface area contributed by atoms with Crippen molar-refractivity contribution in [2.24, 2.45) is 0 Å². The molecule has 0 spiro atoms. The summed E-state index contributed by atoms with van der Waals surface area (Å²) in [6.45, 7) is 2.66. The van der Waals surface area contributed by atoms with Crippen molar-refractivity contribution in [1.82, 2.24) is 20.1 Å². The monoisotopic (exact) mass is 314 g/mol. The van der Waals surface area contributed by atoms with Gasteiger partial charge in [0.2, 0.25) is 0 Å². The number of aromatic nitrogens is 3. The zero-order valence-electron chi connectivity index (χ0n) is 13.1. The Bertz CT molecular complexity index is 754. The Balaban J connectivity index is 1.79. The van der Waals surface area contributed by atoms with Crippen LogP contribution in [0.4, 0.5) is 0 Å². The van der Waals surface area contributed by atoms with Gasteiger partial charge in [-0.2, -0.15) is 5.10 Å². The molecule has 1 aliphatic rings. The van der Waals surface area contributed by atoms with Crippen molar-refractivity contribution in [2.45, 2.75) is 32.4 Å². The molecule has 0 aliphatic carbocycles. The Hall–Kier alpha value is -2.70. The number of hydrogen-bond acceptors (Lipinski definition) is 5. The van der Waals surface area contributed by atoms with Crippen molar-refractivity contribution in [3.05, 3.63) is 47.0 Å². The van der Waals surface area contributed by atoms with Crippen LogP contribution in [0.3, 0.4) is 0 Å². The van der Waals surface area contributed by atoms with Crippen LogP contribution in [0.2, 0.25) is 0 Å². The maximum Gasteiger partial charge on any atom is 0.337 e. The summed E-state index contributed by atoms with van der Waals surface area (Å²) in [5.41, 5.74) is 0.768. The number of benzene rings is 1. The van der Waals surface area contributed by atoms with Crippen molar-refractivity contribution in [1.29, 1.82) is 0 Å². The molecule has 0 fully saturated rings. The molecular formula is C16H18N4O3. The van der Waals surface area contributed by atoms with Crippen LogP contribution in [-0.2, 0) is 11.3 Å². The van der Waals surface area contributed by atoms with Crippen molar-refractivity contribution < 1.29 is 14.3 Å². The van der Waals surface area contributed by atoms with Gasteiger partial charge in [0.1, 0.15) is 11.6 Å². The minimum Gasteiger partial charge on any atom is -0.465 e. The van der Waals surface area contributed by atoms with Gasteiger partial charge < -0.3 is 10.1 Å². The highest BCUT2D eigenvalue weighted by Crippen LogP contribution is 2.23. The van der Waals surface area contributed by atoms with E-state index in [0.29, 0.717) is 17.0 Å². The molecule has 0 bridgehead atoms. The molecule has 1 aromatic heterocycles. The van der Waals surface area contributed by atoms with Crippen LogP contribution in [0.5, 0.6) is 0 Å². The van der Waals surface area contributed by atoms with Crippen LogP contribution in [0.25, 0.3) is 0 Å². The van der Waals surface area contributed by atoms with E-state index in [9.17, 15) is 9.59 Å². The second kappa shape index (κ2) is 6.20. The molecule has 2 aromatic rings. The number of amides is 1. The van der Waals surface area contributed by atoms with Gasteiger partial charge in [-0.25, -0.2) is 14.5 Å². The van der Waals surface area contributed by atoms with E-state index in [0.717, 1.165) is 25.2 Å². The number of rotatable bonds is 3. The van der Waals surface area contributed by atoms with E-state index in [1.165, 1.54) is 13.2 Å². The molecule has 7 nitrogen and oxygen atoms in total. The SMILES string of the molecule is COC(=O)c1cccc(C(=O)NC2CCCn3nc(C)nc32)c1. The summed E-state index contributed by atoms with van der Waals surface area (Å²) in [6, 6.07) is 6.30. The fraction of sp³-hybridized carbons (Fsp3) is 0.375. The van der Waals surface area contributed by atoms with E-state index in [4.69, 9.17) is 0 Å². The highest BCUT2D eigenvalue weighted by atomic mass is 16.5. The number of hydrogen-bond donors (Lipinski definition) is 1. The summed E-state index contributed by atoms with van der Waals surface area (Å²) in [7, 11) is 1.31. The molecule has 0 saturated heterocycles. The first-order valence-corrected chi connectivity index (χ1v) is 7.49. The van der Waals surface area contributed by atoms with Crippen molar-refractivity contribution in [3.8, 4) is 0 Å². The summed E-state index contributed by atoms with van der Waals surface area (Å²) in [6.07, 6.45) is 1.75. The van der Waals surface area contributed by atoms with E-state index < -0.39 is 5.97 Å². The summed E-state index contributed by atoms with van der Waals surface area (Å²) < 4.78 is 6.52. The lowest BCUT2D eigenvalue weighted by molar-refractivity contribution is 0.0600. The Kier molecular flexibility index (Phi) is 4.10. The van der Waals surface area contributed by atoms with Crippen molar-refractivity contribution >= 4 is 11.9 Å². The predicted molar refractivity (Wildman–Crippen MR) is 82.0 cm³/mol. The second-order valence-corrected chi connectivity index (χ2v) is 5.48. The standard InChI is InChI=1S/C16H18N4O3/c1-10-17-14-13(7-4-8-20(14)19-10)18-15(21)11-5-3-6-12(9-11)16(22)23-2/h3,5-6,9,13H,4,7-8H2,1-2H3,(H,18,21). The number of fused-ring (bicyclic) bond motifs is 1. The fourth-order valence-corrected chi connectivity index (χ4v) is 2.75. The molecule has 0 radical (unpaired) electrons. The smallest absolute Gasteiger partial charge is 0.337 e. The molecule has 1 N–H and O–H groups in total. The first-order chi connectivity index (χ1) is 11.1.